The highest BCUT2D eigenvalue weighted by atomic mass is 32.2. The van der Waals surface area contributed by atoms with Gasteiger partial charge in [0.05, 0.1) is 10.8 Å². The molecule has 1 aliphatic rings. The summed E-state index contributed by atoms with van der Waals surface area (Å²) in [7, 11) is -1.85. The number of hydrogen-bond acceptors (Lipinski definition) is 4. The molecule has 1 saturated heterocycles. The lowest BCUT2D eigenvalue weighted by Crippen LogP contribution is -2.59. The van der Waals surface area contributed by atoms with E-state index < -0.39 is 40.2 Å². The molecule has 12 heteroatoms. The Labute approximate surface area is 240 Å². The Morgan fingerprint density at radius 1 is 0.976 bits per heavy atom. The summed E-state index contributed by atoms with van der Waals surface area (Å²) >= 11 is 0. The topological polar surface area (TPSA) is 90.0 Å². The predicted octanol–water partition coefficient (Wildman–Crippen LogP) is 5.87. The van der Waals surface area contributed by atoms with Gasteiger partial charge in [0.2, 0.25) is 0 Å². The van der Waals surface area contributed by atoms with E-state index in [1.54, 1.807) is 63.8 Å². The number of hydrogen-bond donors (Lipinski definition) is 2. The molecule has 0 aromatic heterocycles. The van der Waals surface area contributed by atoms with Crippen molar-refractivity contribution in [3.63, 3.8) is 0 Å². The summed E-state index contributed by atoms with van der Waals surface area (Å²) < 4.78 is 62.8. The van der Waals surface area contributed by atoms with E-state index in [9.17, 15) is 36.6 Å². The zero-order valence-electron chi connectivity index (χ0n) is 23.6. The third kappa shape index (κ3) is 7.45. The number of carbonyl (C=O) groups is 2. The van der Waals surface area contributed by atoms with Crippen LogP contribution < -0.4 is 5.48 Å². The second kappa shape index (κ2) is 13.3. The average Bonchev–Trinajstić information content (AvgIpc) is 2.94. The second-order valence-corrected chi connectivity index (χ2v) is 12.6. The Morgan fingerprint density at radius 3 is 1.90 bits per heavy atom. The molecular weight excluding hydrogens is 562 g/mol. The third-order valence-corrected chi connectivity index (χ3v) is 9.45. The lowest BCUT2D eigenvalue weighted by atomic mass is 9.95. The summed E-state index contributed by atoms with van der Waals surface area (Å²) in [5.41, 5.74) is 3.75. The van der Waals surface area contributed by atoms with Crippen molar-refractivity contribution >= 4 is 22.7 Å². The van der Waals surface area contributed by atoms with Gasteiger partial charge in [0, 0.05) is 30.1 Å². The quantitative estimate of drug-likeness (QED) is 0.214. The van der Waals surface area contributed by atoms with Crippen LogP contribution in [0.1, 0.15) is 52.5 Å². The number of amides is 3. The molecular formula is C29H37F4N3O4S. The first-order valence-corrected chi connectivity index (χ1v) is 14.7. The van der Waals surface area contributed by atoms with Gasteiger partial charge in [0.15, 0.2) is 6.17 Å². The number of nitrogens with zero attached hydrogens (tertiary/aromatic N) is 2. The molecule has 2 aromatic rings. The normalized spacial score (nSPS) is 16.9. The number of hydroxylamine groups is 1. The van der Waals surface area contributed by atoms with Crippen LogP contribution in [-0.2, 0) is 22.0 Å². The molecule has 1 heterocycles. The minimum absolute atomic E-state index is 0.0179. The molecule has 41 heavy (non-hydrogen) atoms. The van der Waals surface area contributed by atoms with E-state index in [0.29, 0.717) is 10.5 Å². The van der Waals surface area contributed by atoms with E-state index in [0.717, 1.165) is 11.1 Å². The molecule has 0 spiro atoms. The molecule has 2 unspecified atom stereocenters. The number of likely N-dealkylation sites (tertiary alicyclic amines) is 1. The molecule has 2 N–H and O–H groups in total. The zero-order chi connectivity index (χ0) is 30.5. The highest BCUT2D eigenvalue weighted by Gasteiger charge is 2.48. The maximum atomic E-state index is 13.8. The first-order valence-electron chi connectivity index (χ1n) is 13.5. The van der Waals surface area contributed by atoms with Gasteiger partial charge in [0.1, 0.15) is 4.75 Å². The van der Waals surface area contributed by atoms with Crippen molar-refractivity contribution in [3.8, 4) is 11.1 Å². The lowest BCUT2D eigenvalue weighted by molar-refractivity contribution is -0.181. The van der Waals surface area contributed by atoms with Gasteiger partial charge in [-0.15, -0.1) is 0 Å². The molecule has 0 bridgehead atoms. The number of piperidine rings is 1. The van der Waals surface area contributed by atoms with E-state index in [1.165, 1.54) is 0 Å². The van der Waals surface area contributed by atoms with Crippen LogP contribution in [0.5, 0.6) is 0 Å². The van der Waals surface area contributed by atoms with E-state index in [2.05, 4.69) is 0 Å². The van der Waals surface area contributed by atoms with Gasteiger partial charge < -0.3 is 9.80 Å². The number of aryl methyl sites for hydroxylation is 1. The first-order chi connectivity index (χ1) is 19.2. The SMILES string of the molecule is CC(C)N(C(=O)N1CCC(C(=O)NO)(S(=O)c2ccc(-c3ccc(CCC(F)C(F)(F)F)cc3)cc2)CC1)C(C)C. The number of alkyl halides is 4. The third-order valence-electron chi connectivity index (χ3n) is 7.44. The van der Waals surface area contributed by atoms with Crippen molar-refractivity contribution in [1.29, 1.82) is 0 Å². The lowest BCUT2D eigenvalue weighted by Gasteiger charge is -2.42. The standard InChI is InChI=1S/C29H37F4N3O4S/c1-19(2)36(20(3)4)27(38)35-17-15-28(16-18-35,26(37)34-39)41(40)24-12-10-23(11-13-24)22-8-5-21(6-9-22)7-14-25(30)29(31,32)33/h5-6,8-13,19-20,25,39H,7,14-18H2,1-4H3,(H,34,37). The second-order valence-electron chi connectivity index (χ2n) is 10.8. The summed E-state index contributed by atoms with van der Waals surface area (Å²) in [6, 6.07) is 13.2. The summed E-state index contributed by atoms with van der Waals surface area (Å²) in [5.74, 6) is -0.770. The van der Waals surface area contributed by atoms with E-state index in [-0.39, 0.29) is 50.5 Å². The van der Waals surface area contributed by atoms with Gasteiger partial charge in [-0.05, 0) is 82.2 Å². The fourth-order valence-electron chi connectivity index (χ4n) is 5.18. The van der Waals surface area contributed by atoms with Gasteiger partial charge in [-0.25, -0.2) is 14.7 Å². The Morgan fingerprint density at radius 2 is 1.46 bits per heavy atom. The van der Waals surface area contributed by atoms with Crippen molar-refractivity contribution in [3.05, 3.63) is 54.1 Å². The average molecular weight is 600 g/mol. The molecule has 0 saturated carbocycles. The minimum atomic E-state index is -4.87. The van der Waals surface area contributed by atoms with Gasteiger partial charge in [0.25, 0.3) is 5.91 Å². The molecule has 226 valence electrons. The van der Waals surface area contributed by atoms with Crippen LogP contribution in [-0.4, -0.2) is 73.4 Å². The Balaban J connectivity index is 1.72. The van der Waals surface area contributed by atoms with Crippen molar-refractivity contribution in [1.82, 2.24) is 15.3 Å². The van der Waals surface area contributed by atoms with Crippen LogP contribution in [0.25, 0.3) is 11.1 Å². The molecule has 7 nitrogen and oxygen atoms in total. The molecule has 3 rings (SSSR count). The molecule has 0 aliphatic carbocycles. The van der Waals surface area contributed by atoms with E-state index >= 15 is 0 Å². The zero-order valence-corrected chi connectivity index (χ0v) is 24.4. The largest absolute Gasteiger partial charge is 0.419 e. The van der Waals surface area contributed by atoms with Crippen LogP contribution in [0.3, 0.4) is 0 Å². The molecule has 2 aromatic carbocycles. The first kappa shape index (κ1) is 32.5. The van der Waals surface area contributed by atoms with E-state index in [1.807, 2.05) is 27.7 Å². The number of urea groups is 1. The summed E-state index contributed by atoms with van der Waals surface area (Å²) in [6.45, 7) is 8.11. The van der Waals surface area contributed by atoms with E-state index in [4.69, 9.17) is 0 Å². The van der Waals surface area contributed by atoms with Gasteiger partial charge in [-0.1, -0.05) is 36.4 Å². The Hall–Kier alpha value is -2.99. The fraction of sp³-hybridized carbons (Fsp3) is 0.517. The smallest absolute Gasteiger partial charge is 0.325 e. The van der Waals surface area contributed by atoms with Crippen LogP contribution in [0.15, 0.2) is 53.4 Å². The Bertz CT molecular complexity index is 1200. The van der Waals surface area contributed by atoms with Crippen LogP contribution in [0, 0.1) is 0 Å². The molecule has 0 radical (unpaired) electrons. The minimum Gasteiger partial charge on any atom is -0.325 e. The van der Waals surface area contributed by atoms with Crippen molar-refractivity contribution in [2.24, 2.45) is 0 Å². The summed E-state index contributed by atoms with van der Waals surface area (Å²) in [5, 5.41) is 9.48. The molecule has 1 fully saturated rings. The van der Waals surface area contributed by atoms with Crippen molar-refractivity contribution in [2.75, 3.05) is 13.1 Å². The predicted molar refractivity (Wildman–Crippen MR) is 149 cm³/mol. The number of carbonyl (C=O) groups excluding carboxylic acids is 2. The maximum Gasteiger partial charge on any atom is 0.419 e. The van der Waals surface area contributed by atoms with Crippen molar-refractivity contribution < 1.29 is 36.6 Å². The molecule has 2 atom stereocenters. The number of nitrogens with one attached hydrogen (secondary N) is 1. The van der Waals surface area contributed by atoms with Crippen molar-refractivity contribution in [2.45, 2.75) is 87.5 Å². The summed E-state index contributed by atoms with van der Waals surface area (Å²) in [4.78, 5) is 29.8. The highest BCUT2D eigenvalue weighted by molar-refractivity contribution is 7.87. The molecule has 1 aliphatic heterocycles. The number of benzene rings is 2. The fourth-order valence-corrected chi connectivity index (χ4v) is 6.78. The number of rotatable bonds is 9. The van der Waals surface area contributed by atoms with Gasteiger partial charge >= 0.3 is 12.2 Å². The highest BCUT2D eigenvalue weighted by Crippen LogP contribution is 2.35. The van der Waals surface area contributed by atoms with Gasteiger partial charge in [-0.2, -0.15) is 13.2 Å². The Kier molecular flexibility index (Phi) is 10.6. The van der Waals surface area contributed by atoms with Crippen LogP contribution >= 0.6 is 0 Å². The van der Waals surface area contributed by atoms with Gasteiger partial charge in [-0.3, -0.25) is 14.2 Å². The monoisotopic (exact) mass is 599 g/mol. The maximum absolute atomic E-state index is 13.8. The molecule has 3 amide bonds. The van der Waals surface area contributed by atoms with Crippen LogP contribution in [0.4, 0.5) is 22.4 Å². The van der Waals surface area contributed by atoms with Crippen LogP contribution in [0.2, 0.25) is 0 Å². The summed E-state index contributed by atoms with van der Waals surface area (Å²) in [6.07, 6.45) is -8.24. The number of halogens is 4.